The Balaban J connectivity index is 1.55. The number of carbonyl (C=O) groups is 1. The summed E-state index contributed by atoms with van der Waals surface area (Å²) in [5, 5.41) is 2.97. The van der Waals surface area contributed by atoms with Gasteiger partial charge in [0.2, 0.25) is 0 Å². The Morgan fingerprint density at radius 3 is 2.38 bits per heavy atom. The Hall–Kier alpha value is -2.69. The Labute approximate surface area is 142 Å². The number of nitrogens with one attached hydrogen (secondary N) is 1. The molecule has 1 heterocycles. The lowest BCUT2D eigenvalue weighted by Crippen LogP contribution is -2.50. The molecule has 1 saturated heterocycles. The summed E-state index contributed by atoms with van der Waals surface area (Å²) in [6.07, 6.45) is 0. The first-order valence-corrected chi connectivity index (χ1v) is 8.17. The molecule has 126 valence electrons. The minimum atomic E-state index is -0.0324. The lowest BCUT2D eigenvalue weighted by molar-refractivity contribution is 0.208. The molecule has 0 spiro atoms. The van der Waals surface area contributed by atoms with Crippen LogP contribution in [0, 0.1) is 6.92 Å². The molecule has 1 aliphatic rings. The van der Waals surface area contributed by atoms with E-state index in [0.717, 1.165) is 35.8 Å². The number of methoxy groups -OCH3 is 1. The van der Waals surface area contributed by atoms with Gasteiger partial charge in [-0.1, -0.05) is 12.1 Å². The molecule has 2 amide bonds. The van der Waals surface area contributed by atoms with Crippen molar-refractivity contribution in [2.24, 2.45) is 0 Å². The Kier molecular flexibility index (Phi) is 4.89. The minimum Gasteiger partial charge on any atom is -0.497 e. The van der Waals surface area contributed by atoms with E-state index in [9.17, 15) is 4.79 Å². The Morgan fingerprint density at radius 1 is 1.04 bits per heavy atom. The second kappa shape index (κ2) is 7.25. The first-order chi connectivity index (χ1) is 11.7. The Bertz CT molecular complexity index is 692. The van der Waals surface area contributed by atoms with Gasteiger partial charge in [0.25, 0.3) is 0 Å². The average molecular weight is 325 g/mol. The van der Waals surface area contributed by atoms with Gasteiger partial charge < -0.3 is 19.9 Å². The lowest BCUT2D eigenvalue weighted by Gasteiger charge is -2.36. The standard InChI is InChI=1S/C19H23N3O2/c1-15-4-3-5-16(14-15)20-19(23)22-12-10-21(11-13-22)17-6-8-18(24-2)9-7-17/h3-9,14H,10-13H2,1-2H3,(H,20,23). The zero-order valence-corrected chi connectivity index (χ0v) is 14.2. The van der Waals surface area contributed by atoms with Gasteiger partial charge >= 0.3 is 6.03 Å². The number of hydrogen-bond donors (Lipinski definition) is 1. The molecule has 0 bridgehead atoms. The van der Waals surface area contributed by atoms with Crippen molar-refractivity contribution < 1.29 is 9.53 Å². The predicted molar refractivity (Wildman–Crippen MR) is 97.0 cm³/mol. The van der Waals surface area contributed by atoms with E-state index in [2.05, 4.69) is 22.3 Å². The fourth-order valence-electron chi connectivity index (χ4n) is 2.89. The first-order valence-electron chi connectivity index (χ1n) is 8.17. The highest BCUT2D eigenvalue weighted by Crippen LogP contribution is 2.20. The number of urea groups is 1. The van der Waals surface area contributed by atoms with Crippen LogP contribution < -0.4 is 15.0 Å². The number of hydrogen-bond acceptors (Lipinski definition) is 3. The van der Waals surface area contributed by atoms with Crippen LogP contribution >= 0.6 is 0 Å². The topological polar surface area (TPSA) is 44.8 Å². The molecule has 0 aliphatic carbocycles. The van der Waals surface area contributed by atoms with Crippen LogP contribution in [0.3, 0.4) is 0 Å². The van der Waals surface area contributed by atoms with Crippen molar-refractivity contribution in [1.29, 1.82) is 0 Å². The van der Waals surface area contributed by atoms with Gasteiger partial charge in [0.15, 0.2) is 0 Å². The molecule has 2 aromatic rings. The van der Waals surface area contributed by atoms with E-state index in [-0.39, 0.29) is 6.03 Å². The molecule has 24 heavy (non-hydrogen) atoms. The van der Waals surface area contributed by atoms with Gasteiger partial charge in [-0.3, -0.25) is 0 Å². The van der Waals surface area contributed by atoms with Crippen LogP contribution in [-0.4, -0.2) is 44.2 Å². The highest BCUT2D eigenvalue weighted by atomic mass is 16.5. The number of carbonyl (C=O) groups excluding carboxylic acids is 1. The third-order valence-corrected chi connectivity index (χ3v) is 4.27. The van der Waals surface area contributed by atoms with E-state index < -0.39 is 0 Å². The highest BCUT2D eigenvalue weighted by Gasteiger charge is 2.21. The van der Waals surface area contributed by atoms with Gasteiger partial charge in [-0.15, -0.1) is 0 Å². The molecule has 1 N–H and O–H groups in total. The van der Waals surface area contributed by atoms with Crippen LogP contribution in [0.1, 0.15) is 5.56 Å². The van der Waals surface area contributed by atoms with Crippen LogP contribution in [0.15, 0.2) is 48.5 Å². The molecule has 2 aromatic carbocycles. The monoisotopic (exact) mass is 325 g/mol. The summed E-state index contributed by atoms with van der Waals surface area (Å²) in [5.41, 5.74) is 3.14. The van der Waals surface area contributed by atoms with Crippen LogP contribution in [-0.2, 0) is 0 Å². The maximum atomic E-state index is 12.4. The second-order valence-corrected chi connectivity index (χ2v) is 5.97. The normalized spacial score (nSPS) is 14.4. The number of amides is 2. The average Bonchev–Trinajstić information content (AvgIpc) is 2.62. The second-order valence-electron chi connectivity index (χ2n) is 5.97. The van der Waals surface area contributed by atoms with E-state index in [4.69, 9.17) is 4.74 Å². The van der Waals surface area contributed by atoms with Gasteiger partial charge in [0.05, 0.1) is 7.11 Å². The molecule has 3 rings (SSSR count). The summed E-state index contributed by atoms with van der Waals surface area (Å²) in [6, 6.07) is 15.9. The summed E-state index contributed by atoms with van der Waals surface area (Å²) >= 11 is 0. The Morgan fingerprint density at radius 2 is 1.75 bits per heavy atom. The van der Waals surface area contributed by atoms with E-state index in [0.29, 0.717) is 13.1 Å². The molecular formula is C19H23N3O2. The predicted octanol–water partition coefficient (Wildman–Crippen LogP) is 3.36. The first kappa shape index (κ1) is 16.2. The van der Waals surface area contributed by atoms with E-state index in [1.54, 1.807) is 7.11 Å². The maximum Gasteiger partial charge on any atom is 0.321 e. The van der Waals surface area contributed by atoms with Crippen molar-refractivity contribution >= 4 is 17.4 Å². The summed E-state index contributed by atoms with van der Waals surface area (Å²) in [5.74, 6) is 0.856. The number of rotatable bonds is 3. The molecule has 1 aliphatic heterocycles. The lowest BCUT2D eigenvalue weighted by atomic mass is 10.2. The fraction of sp³-hybridized carbons (Fsp3) is 0.316. The van der Waals surface area contributed by atoms with Gasteiger partial charge in [0.1, 0.15) is 5.75 Å². The molecule has 5 heteroatoms. The number of anilines is 2. The quantitative estimate of drug-likeness (QED) is 0.941. The van der Waals surface area contributed by atoms with Gasteiger partial charge in [-0.05, 0) is 48.9 Å². The van der Waals surface area contributed by atoms with Gasteiger partial charge in [-0.2, -0.15) is 0 Å². The molecular weight excluding hydrogens is 302 g/mol. The summed E-state index contributed by atoms with van der Waals surface area (Å²) in [4.78, 5) is 16.5. The smallest absolute Gasteiger partial charge is 0.321 e. The van der Waals surface area contributed by atoms with Crippen molar-refractivity contribution in [2.45, 2.75) is 6.92 Å². The number of piperazine rings is 1. The van der Waals surface area contributed by atoms with E-state index in [1.807, 2.05) is 48.2 Å². The maximum absolute atomic E-state index is 12.4. The zero-order chi connectivity index (χ0) is 16.9. The molecule has 5 nitrogen and oxygen atoms in total. The molecule has 0 unspecified atom stereocenters. The van der Waals surface area contributed by atoms with Crippen LogP contribution in [0.25, 0.3) is 0 Å². The summed E-state index contributed by atoms with van der Waals surface area (Å²) in [7, 11) is 1.67. The molecule has 0 saturated carbocycles. The third kappa shape index (κ3) is 3.79. The van der Waals surface area contributed by atoms with Crippen molar-refractivity contribution in [3.8, 4) is 5.75 Å². The molecule has 1 fully saturated rings. The number of ether oxygens (including phenoxy) is 1. The van der Waals surface area contributed by atoms with Crippen LogP contribution in [0.2, 0.25) is 0 Å². The summed E-state index contributed by atoms with van der Waals surface area (Å²) < 4.78 is 5.19. The van der Waals surface area contributed by atoms with E-state index in [1.165, 1.54) is 0 Å². The largest absolute Gasteiger partial charge is 0.497 e. The molecule has 0 aromatic heterocycles. The number of benzene rings is 2. The van der Waals surface area contributed by atoms with Crippen molar-refractivity contribution in [1.82, 2.24) is 4.90 Å². The van der Waals surface area contributed by atoms with Crippen molar-refractivity contribution in [2.75, 3.05) is 43.5 Å². The SMILES string of the molecule is COc1ccc(N2CCN(C(=O)Nc3cccc(C)c3)CC2)cc1. The van der Waals surface area contributed by atoms with E-state index >= 15 is 0 Å². The van der Waals surface area contributed by atoms with Crippen LogP contribution in [0.5, 0.6) is 5.75 Å². The fourth-order valence-corrected chi connectivity index (χ4v) is 2.89. The van der Waals surface area contributed by atoms with Crippen molar-refractivity contribution in [3.05, 3.63) is 54.1 Å². The highest BCUT2D eigenvalue weighted by molar-refractivity contribution is 5.89. The minimum absolute atomic E-state index is 0.0324. The van der Waals surface area contributed by atoms with Gasteiger partial charge in [-0.25, -0.2) is 4.79 Å². The number of aryl methyl sites for hydroxylation is 1. The molecule has 0 radical (unpaired) electrons. The van der Waals surface area contributed by atoms with Crippen molar-refractivity contribution in [3.63, 3.8) is 0 Å². The zero-order valence-electron chi connectivity index (χ0n) is 14.2. The summed E-state index contributed by atoms with van der Waals surface area (Å²) in [6.45, 7) is 5.10. The van der Waals surface area contributed by atoms with Crippen LogP contribution in [0.4, 0.5) is 16.2 Å². The molecule has 0 atom stereocenters. The third-order valence-electron chi connectivity index (χ3n) is 4.27. The number of nitrogens with zero attached hydrogens (tertiary/aromatic N) is 2. The van der Waals surface area contributed by atoms with Gasteiger partial charge in [0, 0.05) is 37.6 Å².